The second-order valence-electron chi connectivity index (χ2n) is 4.32. The first-order valence-corrected chi connectivity index (χ1v) is 6.11. The van der Waals surface area contributed by atoms with Gasteiger partial charge in [0.1, 0.15) is 0 Å². The monoisotopic (exact) mass is 237 g/mol. The van der Waals surface area contributed by atoms with Crippen molar-refractivity contribution in [2.24, 2.45) is 5.73 Å². The van der Waals surface area contributed by atoms with Crippen LogP contribution in [0.4, 0.5) is 0 Å². The minimum Gasteiger partial charge on any atom is -0.330 e. The Labute approximate surface area is 106 Å². The molecule has 3 heteroatoms. The van der Waals surface area contributed by atoms with Crippen molar-refractivity contribution >= 4 is 10.9 Å². The Morgan fingerprint density at radius 3 is 2.61 bits per heavy atom. The summed E-state index contributed by atoms with van der Waals surface area (Å²) in [5.41, 5.74) is 10.1. The SMILES string of the molecule is NCCc1cccc2c(-c3ccccc3)[nH]nc12. The van der Waals surface area contributed by atoms with Crippen molar-refractivity contribution in [2.75, 3.05) is 6.54 Å². The van der Waals surface area contributed by atoms with Crippen molar-refractivity contribution in [1.29, 1.82) is 0 Å². The summed E-state index contributed by atoms with van der Waals surface area (Å²) >= 11 is 0. The Balaban J connectivity index is 2.18. The number of rotatable bonds is 3. The summed E-state index contributed by atoms with van der Waals surface area (Å²) in [6.07, 6.45) is 0.858. The Hall–Kier alpha value is -2.13. The molecule has 1 aromatic heterocycles. The van der Waals surface area contributed by atoms with E-state index >= 15 is 0 Å². The third-order valence-electron chi connectivity index (χ3n) is 3.14. The molecule has 0 atom stereocenters. The van der Waals surface area contributed by atoms with Gasteiger partial charge in [0.15, 0.2) is 0 Å². The van der Waals surface area contributed by atoms with E-state index in [1.165, 1.54) is 5.56 Å². The highest BCUT2D eigenvalue weighted by molar-refractivity contribution is 5.94. The number of H-pyrrole nitrogens is 1. The second-order valence-corrected chi connectivity index (χ2v) is 4.32. The molecule has 3 rings (SSSR count). The van der Waals surface area contributed by atoms with Crippen molar-refractivity contribution in [3.63, 3.8) is 0 Å². The molecule has 0 spiro atoms. The lowest BCUT2D eigenvalue weighted by Gasteiger charge is -2.01. The van der Waals surface area contributed by atoms with E-state index in [0.717, 1.165) is 28.6 Å². The maximum atomic E-state index is 5.63. The minimum atomic E-state index is 0.645. The highest BCUT2D eigenvalue weighted by Gasteiger charge is 2.09. The Kier molecular flexibility index (Phi) is 2.82. The number of benzene rings is 2. The van der Waals surface area contributed by atoms with Crippen molar-refractivity contribution in [1.82, 2.24) is 10.2 Å². The van der Waals surface area contributed by atoms with Crippen LogP contribution >= 0.6 is 0 Å². The predicted octanol–water partition coefficient (Wildman–Crippen LogP) is 2.73. The van der Waals surface area contributed by atoms with Crippen molar-refractivity contribution in [2.45, 2.75) is 6.42 Å². The number of nitrogens with one attached hydrogen (secondary N) is 1. The van der Waals surface area contributed by atoms with Crippen LogP contribution in [0.3, 0.4) is 0 Å². The van der Waals surface area contributed by atoms with Gasteiger partial charge >= 0.3 is 0 Å². The van der Waals surface area contributed by atoms with Gasteiger partial charge in [-0.2, -0.15) is 5.10 Å². The summed E-state index contributed by atoms with van der Waals surface area (Å²) in [4.78, 5) is 0. The average molecular weight is 237 g/mol. The normalized spacial score (nSPS) is 10.9. The lowest BCUT2D eigenvalue weighted by Crippen LogP contribution is -2.02. The molecule has 90 valence electrons. The molecule has 0 aliphatic carbocycles. The molecule has 2 aromatic carbocycles. The number of nitrogens with two attached hydrogens (primary N) is 1. The number of fused-ring (bicyclic) bond motifs is 1. The summed E-state index contributed by atoms with van der Waals surface area (Å²) in [6, 6.07) is 16.5. The lowest BCUT2D eigenvalue weighted by atomic mass is 10.0. The van der Waals surface area contributed by atoms with Crippen LogP contribution in [0.1, 0.15) is 5.56 Å². The largest absolute Gasteiger partial charge is 0.330 e. The molecule has 0 radical (unpaired) electrons. The molecule has 0 aliphatic heterocycles. The topological polar surface area (TPSA) is 54.7 Å². The van der Waals surface area contributed by atoms with Gasteiger partial charge in [-0.05, 0) is 18.5 Å². The quantitative estimate of drug-likeness (QED) is 0.736. The fourth-order valence-corrected chi connectivity index (χ4v) is 2.28. The standard InChI is InChI=1S/C15H15N3/c16-10-9-12-7-4-8-13-14(17-18-15(12)13)11-5-2-1-3-6-11/h1-8H,9-10,16H2,(H,17,18). The highest BCUT2D eigenvalue weighted by Crippen LogP contribution is 2.27. The van der Waals surface area contributed by atoms with Crippen LogP contribution < -0.4 is 5.73 Å². The van der Waals surface area contributed by atoms with Gasteiger partial charge in [-0.25, -0.2) is 0 Å². The summed E-state index contributed by atoms with van der Waals surface area (Å²) < 4.78 is 0. The number of aromatic nitrogens is 2. The van der Waals surface area contributed by atoms with E-state index in [9.17, 15) is 0 Å². The summed E-state index contributed by atoms with van der Waals surface area (Å²) in [5.74, 6) is 0. The molecule has 0 fully saturated rings. The number of aromatic amines is 1. The van der Waals surface area contributed by atoms with Gasteiger partial charge in [-0.1, -0.05) is 48.5 Å². The molecular weight excluding hydrogens is 222 g/mol. The summed E-state index contributed by atoms with van der Waals surface area (Å²) in [7, 11) is 0. The molecule has 0 saturated carbocycles. The first kappa shape index (κ1) is 11.0. The van der Waals surface area contributed by atoms with Crippen LogP contribution in [-0.2, 0) is 6.42 Å². The zero-order chi connectivity index (χ0) is 12.4. The van der Waals surface area contributed by atoms with Gasteiger partial charge in [0.05, 0.1) is 11.2 Å². The third kappa shape index (κ3) is 1.79. The van der Waals surface area contributed by atoms with Gasteiger partial charge in [0, 0.05) is 10.9 Å². The predicted molar refractivity (Wildman–Crippen MR) is 74.3 cm³/mol. The van der Waals surface area contributed by atoms with Gasteiger partial charge in [-0.3, -0.25) is 5.10 Å². The van der Waals surface area contributed by atoms with E-state index in [0.29, 0.717) is 6.54 Å². The summed E-state index contributed by atoms with van der Waals surface area (Å²) in [5, 5.41) is 8.73. The van der Waals surface area contributed by atoms with Crippen LogP contribution in [0.5, 0.6) is 0 Å². The van der Waals surface area contributed by atoms with Gasteiger partial charge in [-0.15, -0.1) is 0 Å². The van der Waals surface area contributed by atoms with E-state index in [4.69, 9.17) is 5.73 Å². The van der Waals surface area contributed by atoms with Crippen LogP contribution in [0.15, 0.2) is 48.5 Å². The van der Waals surface area contributed by atoms with Crippen LogP contribution in [0, 0.1) is 0 Å². The average Bonchev–Trinajstić information content (AvgIpc) is 2.85. The molecule has 0 bridgehead atoms. The smallest absolute Gasteiger partial charge is 0.0959 e. The lowest BCUT2D eigenvalue weighted by molar-refractivity contribution is 0.970. The van der Waals surface area contributed by atoms with Crippen LogP contribution in [0.25, 0.3) is 22.2 Å². The molecule has 3 N–H and O–H groups in total. The fourth-order valence-electron chi connectivity index (χ4n) is 2.28. The molecule has 3 aromatic rings. The maximum Gasteiger partial charge on any atom is 0.0959 e. The first-order valence-electron chi connectivity index (χ1n) is 6.11. The van der Waals surface area contributed by atoms with E-state index in [-0.39, 0.29) is 0 Å². The Morgan fingerprint density at radius 1 is 1.00 bits per heavy atom. The van der Waals surface area contributed by atoms with Gasteiger partial charge in [0.25, 0.3) is 0 Å². The molecule has 3 nitrogen and oxygen atoms in total. The summed E-state index contributed by atoms with van der Waals surface area (Å²) in [6.45, 7) is 0.645. The highest BCUT2D eigenvalue weighted by atomic mass is 15.1. The fraction of sp³-hybridized carbons (Fsp3) is 0.133. The molecular formula is C15H15N3. The maximum absolute atomic E-state index is 5.63. The number of hydrogen-bond acceptors (Lipinski definition) is 2. The van der Waals surface area contributed by atoms with Gasteiger partial charge in [0.2, 0.25) is 0 Å². The van der Waals surface area contributed by atoms with Crippen LogP contribution in [0.2, 0.25) is 0 Å². The van der Waals surface area contributed by atoms with E-state index in [2.05, 4.69) is 40.5 Å². The van der Waals surface area contributed by atoms with Crippen molar-refractivity contribution in [3.8, 4) is 11.3 Å². The number of nitrogens with zero attached hydrogens (tertiary/aromatic N) is 1. The van der Waals surface area contributed by atoms with Crippen LogP contribution in [-0.4, -0.2) is 16.7 Å². The van der Waals surface area contributed by atoms with Crippen molar-refractivity contribution in [3.05, 3.63) is 54.1 Å². The Bertz CT molecular complexity index is 656. The van der Waals surface area contributed by atoms with Crippen molar-refractivity contribution < 1.29 is 0 Å². The zero-order valence-electron chi connectivity index (χ0n) is 10.1. The van der Waals surface area contributed by atoms with E-state index in [1.807, 2.05) is 18.2 Å². The molecule has 18 heavy (non-hydrogen) atoms. The third-order valence-corrected chi connectivity index (χ3v) is 3.14. The molecule has 0 amide bonds. The molecule has 0 saturated heterocycles. The van der Waals surface area contributed by atoms with E-state index < -0.39 is 0 Å². The molecule has 0 aliphatic rings. The van der Waals surface area contributed by atoms with E-state index in [1.54, 1.807) is 0 Å². The molecule has 0 unspecified atom stereocenters. The zero-order valence-corrected chi connectivity index (χ0v) is 10.1. The molecule has 1 heterocycles. The minimum absolute atomic E-state index is 0.645. The second kappa shape index (κ2) is 4.63. The first-order chi connectivity index (χ1) is 8.90. The number of para-hydroxylation sites is 1. The Morgan fingerprint density at radius 2 is 1.83 bits per heavy atom. The number of hydrogen-bond donors (Lipinski definition) is 2. The van der Waals surface area contributed by atoms with Gasteiger partial charge < -0.3 is 5.73 Å².